The first-order valence-electron chi connectivity index (χ1n) is 4.28. The summed E-state index contributed by atoms with van der Waals surface area (Å²) in [6.07, 6.45) is 3.49. The number of hydrogen-bond donors (Lipinski definition) is 0. The smallest absolute Gasteiger partial charge is 0.0668 e. The quantitative estimate of drug-likeness (QED) is 0.542. The van der Waals surface area contributed by atoms with Crippen LogP contribution in [0.1, 0.15) is 9.75 Å². The zero-order valence-electron chi connectivity index (χ0n) is 7.93. The molecule has 2 aromatic heterocycles. The van der Waals surface area contributed by atoms with Gasteiger partial charge in [0.25, 0.3) is 0 Å². The minimum absolute atomic E-state index is 1.07. The molecule has 82 valence electrons. The highest BCUT2D eigenvalue weighted by atomic mass is 79.9. The van der Waals surface area contributed by atoms with E-state index < -0.39 is 0 Å². The van der Waals surface area contributed by atoms with Gasteiger partial charge in [-0.1, -0.05) is 0 Å². The van der Waals surface area contributed by atoms with E-state index in [1.54, 1.807) is 35.1 Å². The Balaban J connectivity index is 1.96. The summed E-state index contributed by atoms with van der Waals surface area (Å²) < 4.78 is 2.15. The molecule has 0 aliphatic heterocycles. The van der Waals surface area contributed by atoms with Crippen molar-refractivity contribution >= 4 is 67.0 Å². The molecule has 2 nitrogen and oxygen atoms in total. The van der Waals surface area contributed by atoms with Gasteiger partial charge >= 0.3 is 0 Å². The lowest BCUT2D eigenvalue weighted by Crippen LogP contribution is -1.72. The lowest BCUT2D eigenvalue weighted by Gasteiger charge is -1.80. The SMILES string of the molecule is Brc1csc(/C=N/N=C/c2cc(Br)cs2)c1. The molecule has 0 amide bonds. The maximum absolute atomic E-state index is 3.98. The van der Waals surface area contributed by atoms with Crippen LogP contribution in [-0.4, -0.2) is 12.4 Å². The third kappa shape index (κ3) is 3.62. The van der Waals surface area contributed by atoms with Gasteiger partial charge in [0, 0.05) is 29.5 Å². The molecule has 2 rings (SSSR count). The summed E-state index contributed by atoms with van der Waals surface area (Å²) in [7, 11) is 0. The van der Waals surface area contributed by atoms with Crippen molar-refractivity contribution in [3.63, 3.8) is 0 Å². The van der Waals surface area contributed by atoms with E-state index in [1.807, 2.05) is 22.9 Å². The predicted molar refractivity (Wildman–Crippen MR) is 79.2 cm³/mol. The Bertz CT molecular complexity index is 480. The lowest BCUT2D eigenvalue weighted by molar-refractivity contribution is 1.27. The van der Waals surface area contributed by atoms with Crippen molar-refractivity contribution in [3.05, 3.63) is 41.6 Å². The fraction of sp³-hybridized carbons (Fsp3) is 0. The second-order valence-electron chi connectivity index (χ2n) is 2.82. The third-order valence-electron chi connectivity index (χ3n) is 1.61. The normalized spacial score (nSPS) is 11.9. The highest BCUT2D eigenvalue weighted by Gasteiger charge is 1.93. The number of nitrogens with zero attached hydrogens (tertiary/aromatic N) is 2. The van der Waals surface area contributed by atoms with E-state index in [4.69, 9.17) is 0 Å². The Morgan fingerprint density at radius 1 is 0.875 bits per heavy atom. The van der Waals surface area contributed by atoms with Gasteiger partial charge in [-0.2, -0.15) is 10.2 Å². The first-order valence-corrected chi connectivity index (χ1v) is 7.63. The predicted octanol–water partition coefficient (Wildman–Crippen LogP) is 4.79. The summed E-state index contributed by atoms with van der Waals surface area (Å²) in [4.78, 5) is 2.16. The zero-order valence-corrected chi connectivity index (χ0v) is 12.7. The highest BCUT2D eigenvalue weighted by Crippen LogP contribution is 2.19. The molecule has 0 N–H and O–H groups in total. The first-order chi connectivity index (χ1) is 7.74. The van der Waals surface area contributed by atoms with Crippen molar-refractivity contribution in [1.29, 1.82) is 0 Å². The van der Waals surface area contributed by atoms with Crippen LogP contribution in [0, 0.1) is 0 Å². The van der Waals surface area contributed by atoms with Gasteiger partial charge in [0.05, 0.1) is 12.4 Å². The van der Waals surface area contributed by atoms with Crippen LogP contribution in [0.5, 0.6) is 0 Å². The van der Waals surface area contributed by atoms with Crippen molar-refractivity contribution in [2.24, 2.45) is 10.2 Å². The number of hydrogen-bond acceptors (Lipinski definition) is 4. The molecule has 0 saturated carbocycles. The first kappa shape index (κ1) is 12.2. The Kier molecular flexibility index (Phi) is 4.45. The molecule has 0 radical (unpaired) electrons. The van der Waals surface area contributed by atoms with Crippen molar-refractivity contribution in [1.82, 2.24) is 0 Å². The van der Waals surface area contributed by atoms with Gasteiger partial charge in [0.2, 0.25) is 0 Å². The molecule has 0 saturated heterocycles. The Labute approximate surface area is 118 Å². The number of halogens is 2. The van der Waals surface area contributed by atoms with Crippen LogP contribution < -0.4 is 0 Å². The molecule has 0 bridgehead atoms. The standard InChI is InChI=1S/C10H6Br2N2S2/c11-7-1-9(15-5-7)3-13-14-4-10-2-8(12)6-16-10/h1-6H/b13-3+,14-4+. The van der Waals surface area contributed by atoms with Gasteiger partial charge in [-0.15, -0.1) is 22.7 Å². The molecule has 0 spiro atoms. The van der Waals surface area contributed by atoms with Gasteiger partial charge < -0.3 is 0 Å². The molecule has 0 atom stereocenters. The summed E-state index contributed by atoms with van der Waals surface area (Å²) >= 11 is 10.0. The maximum Gasteiger partial charge on any atom is 0.0668 e. The third-order valence-corrected chi connectivity index (χ3v) is 4.87. The van der Waals surface area contributed by atoms with Crippen LogP contribution in [0.15, 0.2) is 42.0 Å². The average molecular weight is 378 g/mol. The number of thiophene rings is 2. The van der Waals surface area contributed by atoms with E-state index in [2.05, 4.69) is 42.1 Å². The molecule has 0 unspecified atom stereocenters. The van der Waals surface area contributed by atoms with E-state index in [-0.39, 0.29) is 0 Å². The van der Waals surface area contributed by atoms with E-state index in [1.165, 1.54) is 0 Å². The van der Waals surface area contributed by atoms with E-state index in [0.29, 0.717) is 0 Å². The largest absolute Gasteiger partial charge is 0.158 e. The Morgan fingerprint density at radius 2 is 1.31 bits per heavy atom. The summed E-state index contributed by atoms with van der Waals surface area (Å²) in [6, 6.07) is 4.01. The van der Waals surface area contributed by atoms with E-state index in [0.717, 1.165) is 18.7 Å². The van der Waals surface area contributed by atoms with Crippen LogP contribution in [0.25, 0.3) is 0 Å². The van der Waals surface area contributed by atoms with Crippen molar-refractivity contribution in [3.8, 4) is 0 Å². The van der Waals surface area contributed by atoms with Crippen molar-refractivity contribution in [2.45, 2.75) is 0 Å². The van der Waals surface area contributed by atoms with Gasteiger partial charge in [-0.25, -0.2) is 0 Å². The fourth-order valence-electron chi connectivity index (χ4n) is 0.972. The van der Waals surface area contributed by atoms with Crippen LogP contribution >= 0.6 is 54.5 Å². The van der Waals surface area contributed by atoms with Crippen molar-refractivity contribution in [2.75, 3.05) is 0 Å². The minimum atomic E-state index is 1.07. The monoisotopic (exact) mass is 376 g/mol. The molecule has 2 heterocycles. The van der Waals surface area contributed by atoms with Crippen LogP contribution in [0.4, 0.5) is 0 Å². The molecule has 6 heteroatoms. The molecule has 0 aliphatic rings. The van der Waals surface area contributed by atoms with Gasteiger partial charge in [-0.05, 0) is 44.0 Å². The minimum Gasteiger partial charge on any atom is -0.158 e. The van der Waals surface area contributed by atoms with E-state index >= 15 is 0 Å². The summed E-state index contributed by atoms with van der Waals surface area (Å²) in [5.41, 5.74) is 0. The van der Waals surface area contributed by atoms with Crippen molar-refractivity contribution < 1.29 is 0 Å². The molecule has 0 aromatic carbocycles. The van der Waals surface area contributed by atoms with Crippen LogP contribution in [0.3, 0.4) is 0 Å². The number of rotatable bonds is 3. The van der Waals surface area contributed by atoms with Gasteiger partial charge in [0.1, 0.15) is 0 Å². The van der Waals surface area contributed by atoms with Gasteiger partial charge in [0.15, 0.2) is 0 Å². The summed E-state index contributed by atoms with van der Waals surface area (Å²) in [5.74, 6) is 0. The van der Waals surface area contributed by atoms with Crippen LogP contribution in [0.2, 0.25) is 0 Å². The Hall–Kier alpha value is -0.300. The second-order valence-corrected chi connectivity index (χ2v) is 6.54. The molecule has 16 heavy (non-hydrogen) atoms. The van der Waals surface area contributed by atoms with Crippen LogP contribution in [-0.2, 0) is 0 Å². The molecule has 2 aromatic rings. The van der Waals surface area contributed by atoms with Gasteiger partial charge in [-0.3, -0.25) is 0 Å². The second kappa shape index (κ2) is 5.86. The lowest BCUT2D eigenvalue weighted by atomic mass is 10.5. The maximum atomic E-state index is 3.98. The molecular formula is C10H6Br2N2S2. The fourth-order valence-corrected chi connectivity index (χ4v) is 3.57. The summed E-state index contributed by atoms with van der Waals surface area (Å²) in [5, 5.41) is 12.0. The molecule has 0 fully saturated rings. The topological polar surface area (TPSA) is 24.7 Å². The summed E-state index contributed by atoms with van der Waals surface area (Å²) in [6.45, 7) is 0. The average Bonchev–Trinajstić information content (AvgIpc) is 2.83. The molecule has 0 aliphatic carbocycles. The zero-order chi connectivity index (χ0) is 11.4. The highest BCUT2D eigenvalue weighted by molar-refractivity contribution is 9.10. The van der Waals surface area contributed by atoms with E-state index in [9.17, 15) is 0 Å². The molecular weight excluding hydrogens is 372 g/mol. The Morgan fingerprint density at radius 3 is 1.62 bits per heavy atom.